The lowest BCUT2D eigenvalue weighted by Crippen LogP contribution is -2.24. The lowest BCUT2D eigenvalue weighted by atomic mass is 9.99. The standard InChI is InChI=1S/C15H20N2OS/c1-3-4-10-15(12(2)14(18)11-17-16)19-13-8-6-5-7-9-13/h5-9,11-12,15H,3-4,10H2,1-2H3/t12-,15-/m0/s1. The van der Waals surface area contributed by atoms with Crippen molar-refractivity contribution in [1.82, 2.24) is 0 Å². The third-order valence-electron chi connectivity index (χ3n) is 3.06. The first-order valence-corrected chi connectivity index (χ1v) is 7.50. The minimum Gasteiger partial charge on any atom is -0.361 e. The average Bonchev–Trinajstić information content (AvgIpc) is 2.44. The molecule has 1 aromatic rings. The Kier molecular flexibility index (Phi) is 7.16. The van der Waals surface area contributed by atoms with E-state index in [9.17, 15) is 4.79 Å². The van der Waals surface area contributed by atoms with E-state index in [1.54, 1.807) is 11.8 Å². The lowest BCUT2D eigenvalue weighted by molar-refractivity contribution is -0.119. The quantitative estimate of drug-likeness (QED) is 0.313. The first-order valence-electron chi connectivity index (χ1n) is 6.62. The minimum atomic E-state index is -0.146. The molecule has 0 aliphatic heterocycles. The zero-order valence-electron chi connectivity index (χ0n) is 11.5. The molecular formula is C15H20N2OS. The predicted octanol–water partition coefficient (Wildman–Crippen LogP) is 3.84. The molecule has 0 radical (unpaired) electrons. The summed E-state index contributed by atoms with van der Waals surface area (Å²) in [4.78, 5) is 15.8. The SMILES string of the molecule is CCCC[C@H](Sc1ccccc1)[C@@H](C)C(=O)C=[N+]=[N-]. The predicted molar refractivity (Wildman–Crippen MR) is 79.5 cm³/mol. The van der Waals surface area contributed by atoms with Gasteiger partial charge in [-0.15, -0.1) is 11.8 Å². The Bertz CT molecular complexity index is 441. The van der Waals surface area contributed by atoms with Gasteiger partial charge in [-0.1, -0.05) is 44.9 Å². The van der Waals surface area contributed by atoms with E-state index in [1.807, 2.05) is 25.1 Å². The second-order valence-corrected chi connectivity index (χ2v) is 5.86. The van der Waals surface area contributed by atoms with Gasteiger partial charge in [-0.25, -0.2) is 0 Å². The van der Waals surface area contributed by atoms with Crippen LogP contribution in [-0.4, -0.2) is 22.0 Å². The van der Waals surface area contributed by atoms with Crippen LogP contribution in [0.25, 0.3) is 5.53 Å². The zero-order valence-corrected chi connectivity index (χ0v) is 12.3. The summed E-state index contributed by atoms with van der Waals surface area (Å²) in [7, 11) is 0. The molecule has 0 unspecified atom stereocenters. The van der Waals surface area contributed by atoms with Crippen LogP contribution in [0.5, 0.6) is 0 Å². The molecule has 2 atom stereocenters. The molecule has 1 rings (SSSR count). The van der Waals surface area contributed by atoms with Crippen molar-refractivity contribution in [3.8, 4) is 0 Å². The van der Waals surface area contributed by atoms with E-state index >= 15 is 0 Å². The third-order valence-corrected chi connectivity index (χ3v) is 4.56. The minimum absolute atomic E-state index is 0.118. The van der Waals surface area contributed by atoms with Gasteiger partial charge < -0.3 is 5.53 Å². The highest BCUT2D eigenvalue weighted by Gasteiger charge is 2.25. The molecule has 0 amide bonds. The first kappa shape index (κ1) is 15.7. The van der Waals surface area contributed by atoms with E-state index in [1.165, 1.54) is 4.90 Å². The van der Waals surface area contributed by atoms with Gasteiger partial charge in [0.25, 0.3) is 0 Å². The smallest absolute Gasteiger partial charge is 0.323 e. The summed E-state index contributed by atoms with van der Waals surface area (Å²) < 4.78 is 0. The topological polar surface area (TPSA) is 53.5 Å². The van der Waals surface area contributed by atoms with E-state index in [0.29, 0.717) is 0 Å². The molecular weight excluding hydrogens is 256 g/mol. The van der Waals surface area contributed by atoms with Gasteiger partial charge in [-0.3, -0.25) is 4.79 Å². The first-order chi connectivity index (χ1) is 9.19. The van der Waals surface area contributed by atoms with Gasteiger partial charge >= 0.3 is 6.21 Å². The van der Waals surface area contributed by atoms with Crippen LogP contribution in [-0.2, 0) is 4.79 Å². The van der Waals surface area contributed by atoms with E-state index in [0.717, 1.165) is 25.5 Å². The lowest BCUT2D eigenvalue weighted by Gasteiger charge is -2.20. The molecule has 3 nitrogen and oxygen atoms in total. The zero-order chi connectivity index (χ0) is 14.1. The number of carbonyl (C=O) groups is 1. The monoisotopic (exact) mass is 276 g/mol. The fourth-order valence-electron chi connectivity index (χ4n) is 1.85. The van der Waals surface area contributed by atoms with E-state index in [-0.39, 0.29) is 17.0 Å². The molecule has 0 aromatic heterocycles. The van der Waals surface area contributed by atoms with Gasteiger partial charge in [0.15, 0.2) is 0 Å². The van der Waals surface area contributed by atoms with Gasteiger partial charge in [0, 0.05) is 16.1 Å². The molecule has 0 N–H and O–H groups in total. The Morgan fingerprint density at radius 1 is 1.42 bits per heavy atom. The highest BCUT2D eigenvalue weighted by molar-refractivity contribution is 8.00. The van der Waals surface area contributed by atoms with Crippen molar-refractivity contribution < 1.29 is 9.58 Å². The Hall–Kier alpha value is -1.38. The average molecular weight is 276 g/mol. The highest BCUT2D eigenvalue weighted by Crippen LogP contribution is 2.31. The molecule has 0 spiro atoms. The molecule has 102 valence electrons. The summed E-state index contributed by atoms with van der Waals surface area (Å²) in [5.74, 6) is -0.264. The maximum absolute atomic E-state index is 11.8. The van der Waals surface area contributed by atoms with Crippen molar-refractivity contribution in [3.63, 3.8) is 0 Å². The molecule has 0 saturated carbocycles. The van der Waals surface area contributed by atoms with Gasteiger partial charge in [0.1, 0.15) is 0 Å². The van der Waals surface area contributed by atoms with Crippen molar-refractivity contribution in [2.75, 3.05) is 0 Å². The van der Waals surface area contributed by atoms with Crippen LogP contribution < -0.4 is 0 Å². The van der Waals surface area contributed by atoms with Crippen LogP contribution in [0.4, 0.5) is 0 Å². The number of Topliss-reactive ketones (excluding diaryl/α,β-unsaturated/α-hetero) is 1. The van der Waals surface area contributed by atoms with Crippen LogP contribution in [0.3, 0.4) is 0 Å². The van der Waals surface area contributed by atoms with Crippen molar-refractivity contribution in [3.05, 3.63) is 35.9 Å². The van der Waals surface area contributed by atoms with Crippen LogP contribution in [0, 0.1) is 5.92 Å². The largest absolute Gasteiger partial charge is 0.361 e. The van der Waals surface area contributed by atoms with E-state index in [4.69, 9.17) is 5.53 Å². The molecule has 0 aliphatic carbocycles. The Morgan fingerprint density at radius 3 is 2.68 bits per heavy atom. The van der Waals surface area contributed by atoms with Crippen molar-refractivity contribution >= 4 is 23.8 Å². The van der Waals surface area contributed by atoms with Gasteiger partial charge in [-0.2, -0.15) is 4.79 Å². The fraction of sp³-hybridized carbons (Fsp3) is 0.467. The second-order valence-electron chi connectivity index (χ2n) is 4.55. The molecule has 4 heteroatoms. The number of hydrogen-bond acceptors (Lipinski definition) is 2. The number of carbonyl (C=O) groups excluding carboxylic acids is 1. The number of thioether (sulfide) groups is 1. The maximum Gasteiger partial charge on any atom is 0.323 e. The maximum atomic E-state index is 11.8. The van der Waals surface area contributed by atoms with Crippen LogP contribution in [0.15, 0.2) is 35.2 Å². The summed E-state index contributed by atoms with van der Waals surface area (Å²) in [6.45, 7) is 4.05. The van der Waals surface area contributed by atoms with Crippen LogP contribution in [0.1, 0.15) is 33.1 Å². The Balaban J connectivity index is 2.76. The van der Waals surface area contributed by atoms with Crippen LogP contribution >= 0.6 is 11.8 Å². The fourth-order valence-corrected chi connectivity index (χ4v) is 3.13. The summed E-state index contributed by atoms with van der Waals surface area (Å²) >= 11 is 1.73. The van der Waals surface area contributed by atoms with Crippen LogP contribution in [0.2, 0.25) is 0 Å². The number of nitrogens with zero attached hydrogens (tertiary/aromatic N) is 2. The molecule has 19 heavy (non-hydrogen) atoms. The van der Waals surface area contributed by atoms with E-state index < -0.39 is 0 Å². The number of unbranched alkanes of at least 4 members (excludes halogenated alkanes) is 1. The Morgan fingerprint density at radius 2 is 2.11 bits per heavy atom. The van der Waals surface area contributed by atoms with Crippen molar-refractivity contribution in [2.24, 2.45) is 5.92 Å². The number of ketones is 1. The summed E-state index contributed by atoms with van der Waals surface area (Å²) in [5, 5.41) is 0.216. The summed E-state index contributed by atoms with van der Waals surface area (Å²) in [5.41, 5.74) is 8.47. The molecule has 0 fully saturated rings. The summed E-state index contributed by atoms with van der Waals surface area (Å²) in [6, 6.07) is 10.1. The van der Waals surface area contributed by atoms with Gasteiger partial charge in [0.2, 0.25) is 5.78 Å². The molecule has 0 bridgehead atoms. The van der Waals surface area contributed by atoms with Crippen molar-refractivity contribution in [2.45, 2.75) is 43.3 Å². The Labute approximate surface area is 119 Å². The van der Waals surface area contributed by atoms with Gasteiger partial charge in [0.05, 0.1) is 0 Å². The van der Waals surface area contributed by atoms with Crippen molar-refractivity contribution in [1.29, 1.82) is 0 Å². The molecule has 1 aromatic carbocycles. The highest BCUT2D eigenvalue weighted by atomic mass is 32.2. The molecule has 0 saturated heterocycles. The summed E-state index contributed by atoms with van der Waals surface area (Å²) in [6.07, 6.45) is 4.20. The third kappa shape index (κ3) is 5.41. The molecule has 0 heterocycles. The number of rotatable bonds is 8. The second kappa shape index (κ2) is 8.68. The number of hydrogen-bond donors (Lipinski definition) is 0. The number of benzene rings is 1. The van der Waals surface area contributed by atoms with E-state index in [2.05, 4.69) is 23.8 Å². The van der Waals surface area contributed by atoms with Gasteiger partial charge in [-0.05, 0) is 18.6 Å². The molecule has 0 aliphatic rings. The normalized spacial score (nSPS) is 13.4.